The Morgan fingerprint density at radius 1 is 1.21 bits per heavy atom. The number of aryl methyl sites for hydroxylation is 1. The summed E-state index contributed by atoms with van der Waals surface area (Å²) in [6.07, 6.45) is -0.951. The van der Waals surface area contributed by atoms with E-state index in [4.69, 9.17) is 9.47 Å². The second-order valence-electron chi connectivity index (χ2n) is 5.43. The SMILES string of the molecule is COCCNC(=O)[C@@H](C)OC(=O)[C@H](C)NC(=O)c1cccc(C)c1. The summed E-state index contributed by atoms with van der Waals surface area (Å²) in [6, 6.07) is 6.15. The highest BCUT2D eigenvalue weighted by molar-refractivity contribution is 5.97. The molecule has 1 rings (SSSR count). The maximum Gasteiger partial charge on any atom is 0.329 e. The minimum atomic E-state index is -0.951. The molecule has 2 amide bonds. The van der Waals surface area contributed by atoms with Crippen LogP contribution in [0.2, 0.25) is 0 Å². The molecule has 0 unspecified atom stereocenters. The van der Waals surface area contributed by atoms with Gasteiger partial charge in [-0.2, -0.15) is 0 Å². The topological polar surface area (TPSA) is 93.7 Å². The number of amides is 2. The van der Waals surface area contributed by atoms with Crippen LogP contribution in [0.3, 0.4) is 0 Å². The smallest absolute Gasteiger partial charge is 0.329 e. The predicted octanol–water partition coefficient (Wildman–Crippen LogP) is 0.808. The molecule has 0 saturated heterocycles. The predicted molar refractivity (Wildman–Crippen MR) is 88.5 cm³/mol. The zero-order chi connectivity index (χ0) is 18.1. The van der Waals surface area contributed by atoms with E-state index in [0.717, 1.165) is 5.56 Å². The van der Waals surface area contributed by atoms with Crippen molar-refractivity contribution in [3.05, 3.63) is 35.4 Å². The van der Waals surface area contributed by atoms with Crippen molar-refractivity contribution in [2.24, 2.45) is 0 Å². The molecule has 2 atom stereocenters. The summed E-state index contributed by atoms with van der Waals surface area (Å²) in [6.45, 7) is 5.55. The van der Waals surface area contributed by atoms with E-state index in [-0.39, 0.29) is 5.91 Å². The number of carbonyl (C=O) groups excluding carboxylic acids is 3. The molecule has 0 radical (unpaired) electrons. The van der Waals surface area contributed by atoms with E-state index in [0.29, 0.717) is 18.7 Å². The van der Waals surface area contributed by atoms with Gasteiger partial charge in [0.2, 0.25) is 0 Å². The molecule has 1 aromatic carbocycles. The molecule has 0 aliphatic carbocycles. The van der Waals surface area contributed by atoms with Crippen molar-refractivity contribution < 1.29 is 23.9 Å². The van der Waals surface area contributed by atoms with Gasteiger partial charge in [0.1, 0.15) is 6.04 Å². The normalized spacial score (nSPS) is 12.8. The van der Waals surface area contributed by atoms with E-state index in [1.165, 1.54) is 21.0 Å². The van der Waals surface area contributed by atoms with E-state index in [1.807, 2.05) is 13.0 Å². The number of nitrogens with one attached hydrogen (secondary N) is 2. The second kappa shape index (κ2) is 9.67. The van der Waals surface area contributed by atoms with Crippen LogP contribution in [-0.4, -0.2) is 50.2 Å². The van der Waals surface area contributed by atoms with Gasteiger partial charge >= 0.3 is 5.97 Å². The third-order valence-corrected chi connectivity index (χ3v) is 3.25. The third kappa shape index (κ3) is 6.37. The van der Waals surface area contributed by atoms with E-state index < -0.39 is 24.0 Å². The minimum absolute atomic E-state index is 0.330. The molecule has 2 N–H and O–H groups in total. The fraction of sp³-hybridized carbons (Fsp3) is 0.471. The van der Waals surface area contributed by atoms with Gasteiger partial charge in [0.05, 0.1) is 6.61 Å². The highest BCUT2D eigenvalue weighted by Crippen LogP contribution is 2.05. The minimum Gasteiger partial charge on any atom is -0.451 e. The number of hydrogen-bond acceptors (Lipinski definition) is 5. The van der Waals surface area contributed by atoms with Crippen LogP contribution < -0.4 is 10.6 Å². The molecule has 0 spiro atoms. The summed E-state index contributed by atoms with van der Waals surface area (Å²) < 4.78 is 9.87. The van der Waals surface area contributed by atoms with Gasteiger partial charge in [-0.05, 0) is 32.9 Å². The van der Waals surface area contributed by atoms with Crippen LogP contribution in [0.5, 0.6) is 0 Å². The monoisotopic (exact) mass is 336 g/mol. The number of carbonyl (C=O) groups is 3. The molecule has 7 heteroatoms. The lowest BCUT2D eigenvalue weighted by Crippen LogP contribution is -2.44. The van der Waals surface area contributed by atoms with Crippen LogP contribution in [0, 0.1) is 6.92 Å². The van der Waals surface area contributed by atoms with Gasteiger partial charge in [0.15, 0.2) is 6.10 Å². The Balaban J connectivity index is 2.49. The van der Waals surface area contributed by atoms with Crippen LogP contribution in [-0.2, 0) is 19.1 Å². The molecule has 7 nitrogen and oxygen atoms in total. The zero-order valence-electron chi connectivity index (χ0n) is 14.4. The Labute approximate surface area is 141 Å². The maximum absolute atomic E-state index is 12.1. The first-order valence-corrected chi connectivity index (χ1v) is 7.69. The van der Waals surface area contributed by atoms with E-state index in [2.05, 4.69) is 10.6 Å². The first kappa shape index (κ1) is 19.6. The van der Waals surface area contributed by atoms with Crippen LogP contribution in [0.25, 0.3) is 0 Å². The van der Waals surface area contributed by atoms with Crippen molar-refractivity contribution in [3.63, 3.8) is 0 Å². The number of hydrogen-bond donors (Lipinski definition) is 2. The Bertz CT molecular complexity index is 588. The van der Waals surface area contributed by atoms with Gasteiger partial charge in [0.25, 0.3) is 11.8 Å². The summed E-state index contributed by atoms with van der Waals surface area (Å²) in [5, 5.41) is 5.13. The van der Waals surface area contributed by atoms with Gasteiger partial charge < -0.3 is 20.1 Å². The molecule has 0 heterocycles. The highest BCUT2D eigenvalue weighted by Gasteiger charge is 2.23. The molecule has 0 saturated carbocycles. The molecule has 0 aromatic heterocycles. The molecule has 0 bridgehead atoms. The standard InChI is InChI=1S/C17H24N2O5/c1-11-6-5-7-14(10-11)16(21)19-12(2)17(22)24-13(3)15(20)18-8-9-23-4/h5-7,10,12-13H,8-9H2,1-4H3,(H,18,20)(H,19,21)/t12-,13+/m0/s1. The van der Waals surface area contributed by atoms with E-state index in [9.17, 15) is 14.4 Å². The molecule has 132 valence electrons. The lowest BCUT2D eigenvalue weighted by atomic mass is 10.1. The average Bonchev–Trinajstić information content (AvgIpc) is 2.54. The third-order valence-electron chi connectivity index (χ3n) is 3.25. The summed E-state index contributed by atoms with van der Waals surface area (Å²) >= 11 is 0. The van der Waals surface area contributed by atoms with Crippen LogP contribution in [0.15, 0.2) is 24.3 Å². The largest absolute Gasteiger partial charge is 0.451 e. The number of rotatable bonds is 8. The van der Waals surface area contributed by atoms with Crippen molar-refractivity contribution in [1.29, 1.82) is 0 Å². The van der Waals surface area contributed by atoms with Crippen molar-refractivity contribution in [2.75, 3.05) is 20.3 Å². The zero-order valence-corrected chi connectivity index (χ0v) is 14.4. The van der Waals surface area contributed by atoms with Crippen molar-refractivity contribution >= 4 is 17.8 Å². The highest BCUT2D eigenvalue weighted by atomic mass is 16.5. The number of methoxy groups -OCH3 is 1. The molecule has 24 heavy (non-hydrogen) atoms. The van der Waals surface area contributed by atoms with Crippen molar-refractivity contribution in [2.45, 2.75) is 32.9 Å². The summed E-state index contributed by atoms with van der Waals surface area (Å²) in [5.41, 5.74) is 1.40. The number of benzene rings is 1. The van der Waals surface area contributed by atoms with Crippen molar-refractivity contribution in [3.8, 4) is 0 Å². The number of ether oxygens (including phenoxy) is 2. The Morgan fingerprint density at radius 2 is 1.92 bits per heavy atom. The Morgan fingerprint density at radius 3 is 2.54 bits per heavy atom. The van der Waals surface area contributed by atoms with Gasteiger partial charge in [-0.25, -0.2) is 4.79 Å². The Kier molecular flexibility index (Phi) is 7.91. The van der Waals surface area contributed by atoms with Crippen LogP contribution >= 0.6 is 0 Å². The van der Waals surface area contributed by atoms with E-state index in [1.54, 1.807) is 18.2 Å². The summed E-state index contributed by atoms with van der Waals surface area (Å²) in [5.74, 6) is -1.47. The summed E-state index contributed by atoms with van der Waals surface area (Å²) in [7, 11) is 1.52. The molecular weight excluding hydrogens is 312 g/mol. The maximum atomic E-state index is 12.1. The van der Waals surface area contributed by atoms with Crippen LogP contribution in [0.4, 0.5) is 0 Å². The fourth-order valence-electron chi connectivity index (χ4n) is 1.88. The van der Waals surface area contributed by atoms with Crippen LogP contribution in [0.1, 0.15) is 29.8 Å². The average molecular weight is 336 g/mol. The molecule has 0 aliphatic heterocycles. The first-order valence-electron chi connectivity index (χ1n) is 7.69. The molecule has 0 aliphatic rings. The van der Waals surface area contributed by atoms with E-state index >= 15 is 0 Å². The van der Waals surface area contributed by atoms with Crippen molar-refractivity contribution in [1.82, 2.24) is 10.6 Å². The molecular formula is C17H24N2O5. The molecule has 1 aromatic rings. The second-order valence-corrected chi connectivity index (χ2v) is 5.43. The quantitative estimate of drug-likeness (QED) is 0.541. The van der Waals surface area contributed by atoms with Gasteiger partial charge in [0, 0.05) is 19.2 Å². The lowest BCUT2D eigenvalue weighted by Gasteiger charge is -2.17. The van der Waals surface area contributed by atoms with Gasteiger partial charge in [-0.15, -0.1) is 0 Å². The van der Waals surface area contributed by atoms with Gasteiger partial charge in [-0.1, -0.05) is 17.7 Å². The lowest BCUT2D eigenvalue weighted by molar-refractivity contribution is -0.156. The van der Waals surface area contributed by atoms with Gasteiger partial charge in [-0.3, -0.25) is 9.59 Å². The first-order chi connectivity index (χ1) is 11.3. The molecule has 0 fully saturated rings. The number of esters is 1. The Hall–Kier alpha value is -2.41. The summed E-state index contributed by atoms with van der Waals surface area (Å²) in [4.78, 5) is 35.8. The fourth-order valence-corrected chi connectivity index (χ4v) is 1.88.